The van der Waals surface area contributed by atoms with Crippen molar-refractivity contribution >= 4 is 29.2 Å². The summed E-state index contributed by atoms with van der Waals surface area (Å²) in [5.41, 5.74) is 1.63. The number of nitrogens with zero attached hydrogens (tertiary/aromatic N) is 2. The molecule has 2 aromatic rings. The van der Waals surface area contributed by atoms with E-state index in [0.717, 1.165) is 50.4 Å². The Morgan fingerprint density at radius 2 is 1.36 bits per heavy atom. The predicted molar refractivity (Wildman–Crippen MR) is 141 cm³/mol. The van der Waals surface area contributed by atoms with E-state index in [1.807, 2.05) is 12.1 Å². The van der Waals surface area contributed by atoms with E-state index < -0.39 is 12.3 Å². The number of benzene rings is 2. The maximum atomic E-state index is 12.2. The van der Waals surface area contributed by atoms with Crippen LogP contribution in [0.4, 0.5) is 0 Å². The van der Waals surface area contributed by atoms with Gasteiger partial charge in [0, 0.05) is 85.6 Å². The fourth-order valence-electron chi connectivity index (χ4n) is 4.72. The van der Waals surface area contributed by atoms with E-state index in [4.69, 9.17) is 32.7 Å². The van der Waals surface area contributed by atoms with Gasteiger partial charge in [0.25, 0.3) is 0 Å². The van der Waals surface area contributed by atoms with E-state index in [9.17, 15) is 9.90 Å². The Morgan fingerprint density at radius 3 is 1.75 bits per heavy atom. The Kier molecular flexibility index (Phi) is 9.33. The predicted octanol–water partition coefficient (Wildman–Crippen LogP) is 3.45. The lowest BCUT2D eigenvalue weighted by Gasteiger charge is -2.32. The van der Waals surface area contributed by atoms with Crippen LogP contribution < -0.4 is 20.1 Å². The van der Waals surface area contributed by atoms with Gasteiger partial charge in [-0.3, -0.25) is 9.80 Å². The number of hydrogen-bond acceptors (Lipinski definition) is 7. The Bertz CT molecular complexity index is 981. The van der Waals surface area contributed by atoms with Gasteiger partial charge in [-0.15, -0.1) is 0 Å². The summed E-state index contributed by atoms with van der Waals surface area (Å²) < 4.78 is 11.9. The van der Waals surface area contributed by atoms with Crippen LogP contribution in [0.5, 0.6) is 11.5 Å². The normalized spacial score (nSPS) is 22.2. The molecule has 2 unspecified atom stereocenters. The zero-order chi connectivity index (χ0) is 25.7. The number of ether oxygens (including phenoxy) is 2. The molecule has 0 bridgehead atoms. The van der Waals surface area contributed by atoms with Crippen molar-refractivity contribution in [1.29, 1.82) is 0 Å². The zero-order valence-corrected chi connectivity index (χ0v) is 22.2. The van der Waals surface area contributed by atoms with Crippen LogP contribution in [0.2, 0.25) is 10.0 Å². The van der Waals surface area contributed by atoms with Crippen molar-refractivity contribution in [3.63, 3.8) is 0 Å². The molecule has 3 N–H and O–H groups in total. The molecule has 0 amide bonds. The Labute approximate surface area is 222 Å². The second kappa shape index (κ2) is 12.4. The van der Waals surface area contributed by atoms with Crippen LogP contribution >= 0.6 is 23.2 Å². The van der Waals surface area contributed by atoms with Crippen LogP contribution in [0.15, 0.2) is 36.4 Å². The summed E-state index contributed by atoms with van der Waals surface area (Å²) in [7, 11) is 0. The van der Waals surface area contributed by atoms with Gasteiger partial charge in [-0.1, -0.05) is 23.2 Å². The van der Waals surface area contributed by atoms with Crippen LogP contribution in [0.3, 0.4) is 0 Å². The van der Waals surface area contributed by atoms with Gasteiger partial charge in [-0.25, -0.2) is 4.79 Å². The van der Waals surface area contributed by atoms with Gasteiger partial charge in [0.15, 0.2) is 0 Å². The Balaban J connectivity index is 1.52. The number of halogens is 2. The fourth-order valence-corrected chi connectivity index (χ4v) is 5.11. The number of piperazine rings is 2. The zero-order valence-electron chi connectivity index (χ0n) is 20.7. The van der Waals surface area contributed by atoms with Gasteiger partial charge in [0.1, 0.15) is 11.5 Å². The van der Waals surface area contributed by atoms with Crippen molar-refractivity contribution in [3.05, 3.63) is 57.6 Å². The van der Waals surface area contributed by atoms with E-state index >= 15 is 0 Å². The summed E-state index contributed by atoms with van der Waals surface area (Å²) in [6.07, 6.45) is -1.53. The molecule has 0 spiro atoms. The van der Waals surface area contributed by atoms with E-state index in [1.54, 1.807) is 24.3 Å². The van der Waals surface area contributed by atoms with Crippen LogP contribution in [0.1, 0.15) is 25.0 Å². The Hall–Kier alpha value is -2.07. The minimum absolute atomic E-state index is 0.374. The first-order valence-electron chi connectivity index (χ1n) is 12.3. The van der Waals surface area contributed by atoms with Gasteiger partial charge < -0.3 is 25.2 Å². The van der Waals surface area contributed by atoms with Gasteiger partial charge in [0.2, 0.25) is 0 Å². The molecule has 10 heteroatoms. The minimum atomic E-state index is -1.53. The monoisotopic (exact) mass is 536 g/mol. The molecule has 2 fully saturated rings. The molecule has 2 saturated heterocycles. The molecule has 2 aliphatic heterocycles. The molecule has 0 saturated carbocycles. The van der Waals surface area contributed by atoms with E-state index in [1.165, 1.54) is 0 Å². The molecule has 0 aromatic heterocycles. The first kappa shape index (κ1) is 27.0. The van der Waals surface area contributed by atoms with E-state index in [2.05, 4.69) is 34.3 Å². The van der Waals surface area contributed by atoms with Crippen molar-refractivity contribution in [2.45, 2.75) is 45.3 Å². The van der Waals surface area contributed by atoms with Crippen molar-refractivity contribution < 1.29 is 19.4 Å². The van der Waals surface area contributed by atoms with Crippen molar-refractivity contribution in [2.24, 2.45) is 0 Å². The molecular weight excluding hydrogens is 503 g/mol. The average molecular weight is 537 g/mol. The Morgan fingerprint density at radius 1 is 0.917 bits per heavy atom. The number of carboxylic acids is 1. The van der Waals surface area contributed by atoms with E-state index in [0.29, 0.717) is 46.7 Å². The number of carbonyl (C=O) groups is 1. The maximum Gasteiger partial charge on any atom is 0.387 e. The van der Waals surface area contributed by atoms with Crippen LogP contribution in [-0.4, -0.2) is 78.5 Å². The summed E-state index contributed by atoms with van der Waals surface area (Å²) in [6.45, 7) is 10.8. The number of aliphatic carboxylic acids is 1. The molecule has 2 atom stereocenters. The lowest BCUT2D eigenvalue weighted by atomic mass is 10.1. The molecule has 2 heterocycles. The summed E-state index contributed by atoms with van der Waals surface area (Å²) >= 11 is 12.5. The highest BCUT2D eigenvalue weighted by Crippen LogP contribution is 2.29. The van der Waals surface area contributed by atoms with E-state index in [-0.39, 0.29) is 0 Å². The number of carboxylic acid groups (broad SMARTS) is 1. The fraction of sp³-hybridized carbons (Fsp3) is 0.500. The first-order valence-corrected chi connectivity index (χ1v) is 13.1. The van der Waals surface area contributed by atoms with Crippen LogP contribution in [0, 0.1) is 0 Å². The molecule has 196 valence electrons. The highest BCUT2D eigenvalue weighted by Gasteiger charge is 2.26. The lowest BCUT2D eigenvalue weighted by Crippen LogP contribution is -2.48. The van der Waals surface area contributed by atoms with Crippen molar-refractivity contribution in [1.82, 2.24) is 20.4 Å². The van der Waals surface area contributed by atoms with Gasteiger partial charge >= 0.3 is 12.3 Å². The molecule has 2 aromatic carbocycles. The molecule has 8 nitrogen and oxygen atoms in total. The standard InChI is InChI=1S/C26H34Cl2N4O4/c1-17-13-31(9-7-29-17)15-19-11-21(27)3-5-23(19)35-26(25(33)34)36-24-6-4-22(28)12-20(24)16-32-10-8-30-18(2)14-32/h3-6,11-12,17-18,26,29-30H,7-10,13-16H2,1-2H3,(H,33,34). The lowest BCUT2D eigenvalue weighted by molar-refractivity contribution is -0.158. The third-order valence-electron chi connectivity index (χ3n) is 6.41. The summed E-state index contributed by atoms with van der Waals surface area (Å²) in [5, 5.41) is 17.9. The number of rotatable bonds is 9. The second-order valence-electron chi connectivity index (χ2n) is 9.59. The third-order valence-corrected chi connectivity index (χ3v) is 6.88. The topological polar surface area (TPSA) is 86.3 Å². The number of hydrogen-bond donors (Lipinski definition) is 3. The van der Waals surface area contributed by atoms with Crippen molar-refractivity contribution in [3.8, 4) is 11.5 Å². The SMILES string of the molecule is CC1CN(Cc2cc(Cl)ccc2OC(Oc2ccc(Cl)cc2CN2CCNC(C)C2)C(=O)O)CCN1. The molecule has 0 aliphatic carbocycles. The average Bonchev–Trinajstić information content (AvgIpc) is 2.81. The molecule has 2 aliphatic rings. The maximum absolute atomic E-state index is 12.2. The highest BCUT2D eigenvalue weighted by molar-refractivity contribution is 6.31. The van der Waals surface area contributed by atoms with Crippen molar-refractivity contribution in [2.75, 3.05) is 39.3 Å². The smallest absolute Gasteiger partial charge is 0.387 e. The van der Waals surface area contributed by atoms with Crippen LogP contribution in [0.25, 0.3) is 0 Å². The molecular formula is C26H34Cl2N4O4. The minimum Gasteiger partial charge on any atom is -0.476 e. The van der Waals surface area contributed by atoms with Gasteiger partial charge in [0.05, 0.1) is 0 Å². The van der Waals surface area contributed by atoms with Gasteiger partial charge in [-0.2, -0.15) is 0 Å². The third kappa shape index (κ3) is 7.47. The quantitative estimate of drug-likeness (QED) is 0.420. The molecule has 36 heavy (non-hydrogen) atoms. The van der Waals surface area contributed by atoms with Gasteiger partial charge in [-0.05, 0) is 50.2 Å². The summed E-state index contributed by atoms with van der Waals surface area (Å²) in [4.78, 5) is 16.8. The largest absolute Gasteiger partial charge is 0.476 e. The molecule has 0 radical (unpaired) electrons. The molecule has 4 rings (SSSR count). The second-order valence-corrected chi connectivity index (χ2v) is 10.5. The summed E-state index contributed by atoms with van der Waals surface area (Å²) in [5.74, 6) is -0.350. The first-order chi connectivity index (χ1) is 17.3. The summed E-state index contributed by atoms with van der Waals surface area (Å²) in [6, 6.07) is 11.2. The van der Waals surface area contributed by atoms with Crippen LogP contribution in [-0.2, 0) is 17.9 Å². The highest BCUT2D eigenvalue weighted by atomic mass is 35.5. The number of nitrogens with one attached hydrogen (secondary N) is 2.